The summed E-state index contributed by atoms with van der Waals surface area (Å²) < 4.78 is 19.5. The van der Waals surface area contributed by atoms with Crippen molar-refractivity contribution in [1.82, 2.24) is 0 Å². The third kappa shape index (κ3) is 28.9. The summed E-state index contributed by atoms with van der Waals surface area (Å²) in [6.07, 6.45) is 20.2. The highest BCUT2D eigenvalue weighted by Crippen LogP contribution is 2.35. The van der Waals surface area contributed by atoms with Crippen LogP contribution in [0.15, 0.2) is 0 Å². The van der Waals surface area contributed by atoms with Crippen LogP contribution in [0.3, 0.4) is 0 Å². The lowest BCUT2D eigenvalue weighted by molar-refractivity contribution is -0.147. The maximum atomic E-state index is 11.6. The number of rotatable bonds is 23. The number of phosphoric ester groups is 1. The van der Waals surface area contributed by atoms with E-state index in [9.17, 15) is 14.5 Å². The van der Waals surface area contributed by atoms with Crippen LogP contribution >= 0.6 is 7.82 Å². The van der Waals surface area contributed by atoms with Crippen LogP contribution < -0.4 is 0 Å². The molecule has 0 saturated carbocycles. The molecule has 3 N–H and O–H groups in total. The monoisotopic (exact) mass is 528 g/mol. The molecule has 0 bridgehead atoms. The van der Waals surface area contributed by atoms with Crippen LogP contribution in [0, 0.1) is 23.7 Å². The Labute approximate surface area is 219 Å². The molecule has 0 aromatic carbocycles. The third-order valence-corrected chi connectivity index (χ3v) is 6.18. The second-order valence-corrected chi connectivity index (χ2v) is 10.5. The molecule has 7 nitrogen and oxygen atoms in total. The summed E-state index contributed by atoms with van der Waals surface area (Å²) in [5.41, 5.74) is 0. The lowest BCUT2D eigenvalue weighted by Gasteiger charge is -2.12. The van der Waals surface area contributed by atoms with Crippen LogP contribution in [0.4, 0.5) is 0 Å². The van der Waals surface area contributed by atoms with Gasteiger partial charge < -0.3 is 19.6 Å². The molecule has 36 heavy (non-hydrogen) atoms. The highest BCUT2D eigenvalue weighted by Gasteiger charge is 2.17. The van der Waals surface area contributed by atoms with E-state index in [2.05, 4.69) is 35.1 Å². The first-order valence-electron chi connectivity index (χ1n) is 13.8. The lowest BCUT2D eigenvalue weighted by Crippen LogP contribution is -2.23. The maximum Gasteiger partial charge on any atom is 0.469 e. The number of hydrogen-bond acceptors (Lipinski definition) is 5. The quantitative estimate of drug-likeness (QED) is 0.0605. The second kappa shape index (κ2) is 25.3. The molecule has 0 rings (SSSR count). The van der Waals surface area contributed by atoms with Gasteiger partial charge in [0.15, 0.2) is 0 Å². The fraction of sp³-hybridized carbons (Fsp3) is 0.821. The van der Waals surface area contributed by atoms with Crippen molar-refractivity contribution < 1.29 is 33.5 Å². The van der Waals surface area contributed by atoms with Gasteiger partial charge in [-0.15, -0.1) is 0 Å². The van der Waals surface area contributed by atoms with Crippen LogP contribution in [0.2, 0.25) is 0 Å². The topological polar surface area (TPSA) is 113 Å². The van der Waals surface area contributed by atoms with Crippen molar-refractivity contribution in [3.05, 3.63) is 0 Å². The normalized spacial score (nSPS) is 11.8. The summed E-state index contributed by atoms with van der Waals surface area (Å²) in [7, 11) is -4.63. The zero-order valence-corrected chi connectivity index (χ0v) is 23.2. The molecule has 0 amide bonds. The molecule has 0 fully saturated rings. The minimum Gasteiger partial charge on any atom is -0.463 e. The number of hydrogen-bond donors (Lipinski definition) is 3. The van der Waals surface area contributed by atoms with E-state index in [4.69, 9.17) is 14.5 Å². The zero-order chi connectivity index (χ0) is 26.7. The van der Waals surface area contributed by atoms with E-state index in [1.807, 2.05) is 0 Å². The number of aliphatic hydroxyl groups excluding tert-OH is 1. The molecule has 208 valence electrons. The van der Waals surface area contributed by atoms with Gasteiger partial charge in [0.1, 0.15) is 12.7 Å². The molecule has 0 spiro atoms. The standard InChI is InChI=1S/C28H49O7P/c1-2-3-4-5-6-7-8-9-10-11-12-13-14-15-16-17-18-19-20-21-22-23-24-28(30)34-25-27(29)26-35-36(31,32)33/h27,29H,2-12,17-26H2,1H3,(H2,31,32,33). The predicted octanol–water partition coefficient (Wildman–Crippen LogP) is 6.44. The number of carbonyl (C=O) groups excluding carboxylic acids is 1. The summed E-state index contributed by atoms with van der Waals surface area (Å²) in [5, 5.41) is 9.45. The van der Waals surface area contributed by atoms with Gasteiger partial charge in [-0.25, -0.2) is 4.57 Å². The fourth-order valence-electron chi connectivity index (χ4n) is 3.60. The van der Waals surface area contributed by atoms with Crippen LogP contribution in [0.5, 0.6) is 0 Å². The molecule has 0 radical (unpaired) electrons. The molecule has 1 atom stereocenters. The van der Waals surface area contributed by atoms with Gasteiger partial charge in [0.2, 0.25) is 0 Å². The van der Waals surface area contributed by atoms with Gasteiger partial charge in [-0.2, -0.15) is 0 Å². The Morgan fingerprint density at radius 2 is 1.17 bits per heavy atom. The van der Waals surface area contributed by atoms with E-state index in [-0.39, 0.29) is 13.0 Å². The zero-order valence-electron chi connectivity index (χ0n) is 22.3. The van der Waals surface area contributed by atoms with Crippen LogP contribution in [-0.2, 0) is 18.6 Å². The Bertz CT molecular complexity index is 696. The Morgan fingerprint density at radius 1 is 0.722 bits per heavy atom. The molecular weight excluding hydrogens is 479 g/mol. The first kappa shape index (κ1) is 34.7. The van der Waals surface area contributed by atoms with Crippen LogP contribution in [-0.4, -0.2) is 40.2 Å². The van der Waals surface area contributed by atoms with Gasteiger partial charge in [-0.05, 0) is 31.1 Å². The van der Waals surface area contributed by atoms with E-state index in [0.717, 1.165) is 44.9 Å². The predicted molar refractivity (Wildman–Crippen MR) is 144 cm³/mol. The summed E-state index contributed by atoms with van der Waals surface area (Å²) in [6.45, 7) is 1.32. The third-order valence-electron chi connectivity index (χ3n) is 5.70. The summed E-state index contributed by atoms with van der Waals surface area (Å²) >= 11 is 0. The van der Waals surface area contributed by atoms with Gasteiger partial charge in [-0.1, -0.05) is 102 Å². The van der Waals surface area contributed by atoms with E-state index >= 15 is 0 Å². The molecule has 0 aliphatic carbocycles. The largest absolute Gasteiger partial charge is 0.469 e. The summed E-state index contributed by atoms with van der Waals surface area (Å²) in [6, 6.07) is 0. The van der Waals surface area contributed by atoms with Gasteiger partial charge in [-0.3, -0.25) is 9.32 Å². The number of carbonyl (C=O) groups is 1. The molecule has 0 aliphatic heterocycles. The molecule has 0 saturated heterocycles. The Morgan fingerprint density at radius 3 is 1.64 bits per heavy atom. The fourth-order valence-corrected chi connectivity index (χ4v) is 3.96. The van der Waals surface area contributed by atoms with Crippen molar-refractivity contribution in [1.29, 1.82) is 0 Å². The average Bonchev–Trinajstić information content (AvgIpc) is 2.84. The smallest absolute Gasteiger partial charge is 0.463 e. The Balaban J connectivity index is 3.42. The van der Waals surface area contributed by atoms with E-state index < -0.39 is 26.5 Å². The first-order chi connectivity index (χ1) is 17.3. The average molecular weight is 529 g/mol. The maximum absolute atomic E-state index is 11.6. The molecular formula is C28H49O7P. The number of ether oxygens (including phenoxy) is 1. The number of aliphatic hydroxyl groups is 1. The molecule has 1 unspecified atom stereocenters. The second-order valence-electron chi connectivity index (χ2n) is 9.28. The van der Waals surface area contributed by atoms with Crippen molar-refractivity contribution in [2.24, 2.45) is 0 Å². The minimum absolute atomic E-state index is 0.259. The molecule has 0 aliphatic rings. The minimum atomic E-state index is -4.63. The Kier molecular flexibility index (Phi) is 24.4. The molecule has 0 heterocycles. The van der Waals surface area contributed by atoms with Gasteiger partial charge in [0, 0.05) is 19.3 Å². The van der Waals surface area contributed by atoms with Gasteiger partial charge in [0.05, 0.1) is 6.61 Å². The number of unbranched alkanes of at least 4 members (excludes halogenated alkanes) is 16. The summed E-state index contributed by atoms with van der Waals surface area (Å²) in [4.78, 5) is 28.7. The van der Waals surface area contributed by atoms with E-state index in [1.54, 1.807) is 0 Å². The molecule has 0 aromatic heterocycles. The van der Waals surface area contributed by atoms with Crippen molar-refractivity contribution >= 4 is 13.8 Å². The molecule has 0 aromatic rings. The highest BCUT2D eigenvalue weighted by molar-refractivity contribution is 7.46. The van der Waals surface area contributed by atoms with E-state index in [0.29, 0.717) is 6.42 Å². The number of esters is 1. The van der Waals surface area contributed by atoms with Crippen LogP contribution in [0.25, 0.3) is 0 Å². The van der Waals surface area contributed by atoms with Crippen molar-refractivity contribution in [2.75, 3.05) is 13.2 Å². The van der Waals surface area contributed by atoms with Gasteiger partial charge in [0.25, 0.3) is 0 Å². The van der Waals surface area contributed by atoms with Crippen molar-refractivity contribution in [3.8, 4) is 23.7 Å². The SMILES string of the molecule is CCCCCCCCCCCCC#CC#CCCCCCCCCC(=O)OCC(O)COP(=O)(O)O. The number of phosphoric acid groups is 1. The molecule has 8 heteroatoms. The first-order valence-corrected chi connectivity index (χ1v) is 15.4. The van der Waals surface area contributed by atoms with Crippen molar-refractivity contribution in [3.63, 3.8) is 0 Å². The van der Waals surface area contributed by atoms with E-state index in [1.165, 1.54) is 64.2 Å². The van der Waals surface area contributed by atoms with Gasteiger partial charge >= 0.3 is 13.8 Å². The Hall–Kier alpha value is -1.34. The highest BCUT2D eigenvalue weighted by atomic mass is 31.2. The lowest BCUT2D eigenvalue weighted by atomic mass is 10.1. The summed E-state index contributed by atoms with van der Waals surface area (Å²) in [5.74, 6) is 11.8. The van der Waals surface area contributed by atoms with Crippen LogP contribution in [0.1, 0.15) is 129 Å². The van der Waals surface area contributed by atoms with Crippen molar-refractivity contribution in [2.45, 2.75) is 135 Å².